The maximum atomic E-state index is 5.46. The standard InChI is InChI=1S/C9H14N2OS/c10-5-7-6-12-9(11-7)8-3-1-2-4-13-8/h6,8H,1-5,10H2. The summed E-state index contributed by atoms with van der Waals surface area (Å²) in [5.41, 5.74) is 6.33. The van der Waals surface area contributed by atoms with Crippen molar-refractivity contribution in [3.63, 3.8) is 0 Å². The molecule has 2 heterocycles. The van der Waals surface area contributed by atoms with Crippen LogP contribution < -0.4 is 5.73 Å². The summed E-state index contributed by atoms with van der Waals surface area (Å²) in [4.78, 5) is 4.34. The maximum Gasteiger partial charge on any atom is 0.207 e. The molecule has 0 saturated carbocycles. The second kappa shape index (κ2) is 4.15. The second-order valence-electron chi connectivity index (χ2n) is 3.24. The molecule has 0 amide bonds. The first kappa shape index (κ1) is 9.09. The van der Waals surface area contributed by atoms with E-state index in [0.717, 1.165) is 11.6 Å². The monoisotopic (exact) mass is 198 g/mol. The minimum atomic E-state index is 0.467. The van der Waals surface area contributed by atoms with Crippen LogP contribution in [0.3, 0.4) is 0 Å². The van der Waals surface area contributed by atoms with Crippen molar-refractivity contribution in [2.45, 2.75) is 31.1 Å². The molecule has 1 atom stereocenters. The van der Waals surface area contributed by atoms with Crippen LogP contribution in [0.4, 0.5) is 0 Å². The van der Waals surface area contributed by atoms with Crippen LogP contribution in [0.5, 0.6) is 0 Å². The van der Waals surface area contributed by atoms with Crippen LogP contribution in [0.15, 0.2) is 10.7 Å². The Bertz CT molecular complexity index is 268. The van der Waals surface area contributed by atoms with E-state index in [9.17, 15) is 0 Å². The molecule has 1 saturated heterocycles. The third kappa shape index (κ3) is 2.06. The second-order valence-corrected chi connectivity index (χ2v) is 4.55. The Morgan fingerprint density at radius 3 is 3.15 bits per heavy atom. The van der Waals surface area contributed by atoms with E-state index < -0.39 is 0 Å². The lowest BCUT2D eigenvalue weighted by Gasteiger charge is -2.17. The molecule has 1 aromatic heterocycles. The van der Waals surface area contributed by atoms with Gasteiger partial charge in [0.15, 0.2) is 0 Å². The molecule has 2 N–H and O–H groups in total. The van der Waals surface area contributed by atoms with Crippen LogP contribution in [0.1, 0.15) is 36.1 Å². The van der Waals surface area contributed by atoms with Gasteiger partial charge >= 0.3 is 0 Å². The molecule has 1 aliphatic heterocycles. The van der Waals surface area contributed by atoms with Crippen molar-refractivity contribution in [1.29, 1.82) is 0 Å². The van der Waals surface area contributed by atoms with E-state index in [-0.39, 0.29) is 0 Å². The molecule has 13 heavy (non-hydrogen) atoms. The zero-order valence-corrected chi connectivity index (χ0v) is 8.35. The number of thioether (sulfide) groups is 1. The average Bonchev–Trinajstić information content (AvgIpc) is 2.67. The highest BCUT2D eigenvalue weighted by Gasteiger charge is 2.20. The third-order valence-corrected chi connectivity index (χ3v) is 3.60. The van der Waals surface area contributed by atoms with Gasteiger partial charge in [0.25, 0.3) is 0 Å². The Morgan fingerprint density at radius 1 is 1.62 bits per heavy atom. The number of aromatic nitrogens is 1. The van der Waals surface area contributed by atoms with Gasteiger partial charge in [-0.05, 0) is 18.6 Å². The predicted molar refractivity (Wildman–Crippen MR) is 53.4 cm³/mol. The molecule has 1 aliphatic rings. The van der Waals surface area contributed by atoms with Gasteiger partial charge in [0.2, 0.25) is 5.89 Å². The minimum Gasteiger partial charge on any atom is -0.447 e. The van der Waals surface area contributed by atoms with Gasteiger partial charge in [-0.2, -0.15) is 0 Å². The lowest BCUT2D eigenvalue weighted by Crippen LogP contribution is -2.03. The topological polar surface area (TPSA) is 52.0 Å². The first-order valence-electron chi connectivity index (χ1n) is 4.66. The molecule has 4 heteroatoms. The Kier molecular flexibility index (Phi) is 2.90. The van der Waals surface area contributed by atoms with Gasteiger partial charge in [-0.25, -0.2) is 4.98 Å². The summed E-state index contributed by atoms with van der Waals surface area (Å²) in [6, 6.07) is 0. The van der Waals surface area contributed by atoms with Gasteiger partial charge in [-0.1, -0.05) is 6.42 Å². The van der Waals surface area contributed by atoms with Gasteiger partial charge in [0.05, 0.1) is 10.9 Å². The SMILES string of the molecule is NCc1coc(C2CCCCS2)n1. The van der Waals surface area contributed by atoms with Gasteiger partial charge < -0.3 is 10.2 Å². The summed E-state index contributed by atoms with van der Waals surface area (Å²) >= 11 is 1.94. The van der Waals surface area contributed by atoms with Crippen LogP contribution in [0.25, 0.3) is 0 Å². The molecule has 1 aromatic rings. The van der Waals surface area contributed by atoms with E-state index in [2.05, 4.69) is 4.98 Å². The van der Waals surface area contributed by atoms with E-state index in [1.165, 1.54) is 25.0 Å². The molecule has 1 fully saturated rings. The van der Waals surface area contributed by atoms with Crippen molar-refractivity contribution in [2.75, 3.05) is 5.75 Å². The number of hydrogen-bond donors (Lipinski definition) is 1. The molecule has 0 aliphatic carbocycles. The van der Waals surface area contributed by atoms with Crippen molar-refractivity contribution in [1.82, 2.24) is 4.98 Å². The summed E-state index contributed by atoms with van der Waals surface area (Å²) in [6.07, 6.45) is 5.48. The van der Waals surface area contributed by atoms with E-state index in [0.29, 0.717) is 11.8 Å². The summed E-state index contributed by atoms with van der Waals surface area (Å²) in [6.45, 7) is 0.473. The van der Waals surface area contributed by atoms with E-state index in [1.54, 1.807) is 6.26 Å². The third-order valence-electron chi connectivity index (χ3n) is 2.23. The fraction of sp³-hybridized carbons (Fsp3) is 0.667. The quantitative estimate of drug-likeness (QED) is 0.790. The molecule has 2 rings (SSSR count). The summed E-state index contributed by atoms with van der Waals surface area (Å²) in [5, 5.41) is 0.467. The van der Waals surface area contributed by atoms with E-state index in [1.807, 2.05) is 11.8 Å². The van der Waals surface area contributed by atoms with Crippen LogP contribution >= 0.6 is 11.8 Å². The fourth-order valence-electron chi connectivity index (χ4n) is 1.50. The molecule has 0 aromatic carbocycles. The molecular formula is C9H14N2OS. The highest BCUT2D eigenvalue weighted by atomic mass is 32.2. The number of rotatable bonds is 2. The van der Waals surface area contributed by atoms with Crippen molar-refractivity contribution in [2.24, 2.45) is 5.73 Å². The highest BCUT2D eigenvalue weighted by molar-refractivity contribution is 7.99. The van der Waals surface area contributed by atoms with Crippen LogP contribution in [0.2, 0.25) is 0 Å². The molecule has 72 valence electrons. The van der Waals surface area contributed by atoms with Gasteiger partial charge in [0, 0.05) is 6.54 Å². The summed E-state index contributed by atoms with van der Waals surface area (Å²) in [5.74, 6) is 2.09. The van der Waals surface area contributed by atoms with Crippen molar-refractivity contribution >= 4 is 11.8 Å². The summed E-state index contributed by atoms with van der Waals surface area (Å²) in [7, 11) is 0. The molecule has 0 radical (unpaired) electrons. The zero-order valence-electron chi connectivity index (χ0n) is 7.53. The first-order chi connectivity index (χ1) is 6.40. The number of oxazole rings is 1. The molecule has 0 spiro atoms. The lowest BCUT2D eigenvalue weighted by atomic mass is 10.2. The largest absolute Gasteiger partial charge is 0.447 e. The number of nitrogens with two attached hydrogens (primary N) is 1. The van der Waals surface area contributed by atoms with Crippen LogP contribution in [0, 0.1) is 0 Å². The Labute approximate surface area is 82.1 Å². The summed E-state index contributed by atoms with van der Waals surface area (Å²) < 4.78 is 5.38. The molecular weight excluding hydrogens is 184 g/mol. The fourth-order valence-corrected chi connectivity index (χ4v) is 2.74. The van der Waals surface area contributed by atoms with Crippen molar-refractivity contribution in [3.05, 3.63) is 17.8 Å². The van der Waals surface area contributed by atoms with Gasteiger partial charge in [-0.3, -0.25) is 0 Å². The zero-order chi connectivity index (χ0) is 9.10. The van der Waals surface area contributed by atoms with Crippen molar-refractivity contribution < 1.29 is 4.42 Å². The number of hydrogen-bond acceptors (Lipinski definition) is 4. The highest BCUT2D eigenvalue weighted by Crippen LogP contribution is 2.37. The molecule has 3 nitrogen and oxygen atoms in total. The Morgan fingerprint density at radius 2 is 2.54 bits per heavy atom. The predicted octanol–water partition coefficient (Wildman–Crippen LogP) is 2.09. The maximum absolute atomic E-state index is 5.46. The van der Waals surface area contributed by atoms with E-state index >= 15 is 0 Å². The van der Waals surface area contributed by atoms with Gasteiger partial charge in [-0.15, -0.1) is 11.8 Å². The normalized spacial score (nSPS) is 23.3. The van der Waals surface area contributed by atoms with Crippen molar-refractivity contribution in [3.8, 4) is 0 Å². The first-order valence-corrected chi connectivity index (χ1v) is 5.71. The minimum absolute atomic E-state index is 0.467. The van der Waals surface area contributed by atoms with Crippen LogP contribution in [-0.2, 0) is 6.54 Å². The Hall–Kier alpha value is -0.480. The molecule has 0 bridgehead atoms. The number of nitrogens with zero attached hydrogens (tertiary/aromatic N) is 1. The van der Waals surface area contributed by atoms with Gasteiger partial charge in [0.1, 0.15) is 6.26 Å². The smallest absolute Gasteiger partial charge is 0.207 e. The van der Waals surface area contributed by atoms with Crippen LogP contribution in [-0.4, -0.2) is 10.7 Å². The van der Waals surface area contributed by atoms with E-state index in [4.69, 9.17) is 10.2 Å². The lowest BCUT2D eigenvalue weighted by molar-refractivity contribution is 0.473. The average molecular weight is 198 g/mol. The Balaban J connectivity index is 2.05. The molecule has 1 unspecified atom stereocenters.